The van der Waals surface area contributed by atoms with E-state index in [0.29, 0.717) is 17.2 Å². The van der Waals surface area contributed by atoms with Crippen molar-refractivity contribution in [2.75, 3.05) is 19.3 Å². The number of para-hydroxylation sites is 1. The molecule has 1 aliphatic heterocycles. The van der Waals surface area contributed by atoms with E-state index >= 15 is 0 Å². The van der Waals surface area contributed by atoms with E-state index in [9.17, 15) is 5.11 Å². The Balaban J connectivity index is 1.68. The molecule has 1 aliphatic rings. The van der Waals surface area contributed by atoms with E-state index in [-0.39, 0.29) is 5.75 Å². The Morgan fingerprint density at radius 2 is 2.05 bits per heavy atom. The van der Waals surface area contributed by atoms with E-state index in [2.05, 4.69) is 31.8 Å². The molecule has 0 radical (unpaired) electrons. The molecule has 2 N–H and O–H groups in total. The number of nitrogens with zero attached hydrogens (tertiary/aromatic N) is 3. The summed E-state index contributed by atoms with van der Waals surface area (Å²) in [7, 11) is 0. The summed E-state index contributed by atoms with van der Waals surface area (Å²) < 4.78 is 2.33. The van der Waals surface area contributed by atoms with Crippen molar-refractivity contribution in [2.45, 2.75) is 5.92 Å². The minimum Gasteiger partial charge on any atom is -0.507 e. The number of hydrogen-bond acceptors (Lipinski definition) is 5. The van der Waals surface area contributed by atoms with Crippen molar-refractivity contribution in [1.29, 1.82) is 0 Å². The quantitative estimate of drug-likeness (QED) is 0.728. The van der Waals surface area contributed by atoms with E-state index in [4.69, 9.17) is 0 Å². The number of rotatable bonds is 3. The second-order valence-corrected chi connectivity index (χ2v) is 6.38. The van der Waals surface area contributed by atoms with Crippen LogP contribution in [0.15, 0.2) is 36.4 Å². The first kappa shape index (κ1) is 13.6. The van der Waals surface area contributed by atoms with Gasteiger partial charge in [-0.25, -0.2) is 4.31 Å². The molecule has 0 saturated carbocycles. The molecule has 4 rings (SSSR count). The molecule has 5 nitrogen and oxygen atoms in total. The molecule has 0 bridgehead atoms. The zero-order valence-electron chi connectivity index (χ0n) is 12.2. The standard InChI is InChI=1S/C16H16N4OS/c1-22-20-8-11(9-20)13-6-10-7-14(18-19-16(10)17-13)12-4-2-3-5-15(12)21/h2-7,11,21H,8-9H2,1H3,(H,17,19). The van der Waals surface area contributed by atoms with Crippen LogP contribution < -0.4 is 0 Å². The van der Waals surface area contributed by atoms with Gasteiger partial charge in [0.15, 0.2) is 5.65 Å². The van der Waals surface area contributed by atoms with Crippen LogP contribution in [-0.4, -0.2) is 43.9 Å². The molecule has 1 saturated heterocycles. The van der Waals surface area contributed by atoms with Crippen LogP contribution in [-0.2, 0) is 0 Å². The minimum absolute atomic E-state index is 0.224. The first-order valence-electron chi connectivity index (χ1n) is 7.18. The molecule has 1 aromatic carbocycles. The van der Waals surface area contributed by atoms with Crippen LogP contribution in [0.2, 0.25) is 0 Å². The van der Waals surface area contributed by atoms with Gasteiger partial charge in [-0.05, 0) is 30.5 Å². The minimum atomic E-state index is 0.224. The number of phenols is 1. The normalized spacial score (nSPS) is 16.0. The predicted octanol–water partition coefficient (Wildman–Crippen LogP) is 3.01. The maximum absolute atomic E-state index is 9.95. The van der Waals surface area contributed by atoms with Crippen molar-refractivity contribution in [3.8, 4) is 17.0 Å². The molecule has 0 amide bonds. The van der Waals surface area contributed by atoms with Gasteiger partial charge in [-0.2, -0.15) is 0 Å². The fraction of sp³-hybridized carbons (Fsp3) is 0.250. The maximum atomic E-state index is 9.95. The van der Waals surface area contributed by atoms with Gasteiger partial charge in [-0.1, -0.05) is 24.1 Å². The van der Waals surface area contributed by atoms with Gasteiger partial charge in [-0.3, -0.25) is 0 Å². The Hall–Kier alpha value is -2.05. The van der Waals surface area contributed by atoms with Gasteiger partial charge in [0.1, 0.15) is 5.75 Å². The van der Waals surface area contributed by atoms with E-state index in [1.165, 1.54) is 5.69 Å². The van der Waals surface area contributed by atoms with Crippen molar-refractivity contribution in [1.82, 2.24) is 19.5 Å². The first-order valence-corrected chi connectivity index (χ1v) is 8.36. The monoisotopic (exact) mass is 312 g/mol. The van der Waals surface area contributed by atoms with Gasteiger partial charge in [0, 0.05) is 35.7 Å². The van der Waals surface area contributed by atoms with Crippen molar-refractivity contribution in [3.63, 3.8) is 0 Å². The Kier molecular flexibility index (Phi) is 3.28. The van der Waals surface area contributed by atoms with Crippen molar-refractivity contribution < 1.29 is 5.11 Å². The number of aromatic amines is 1. The van der Waals surface area contributed by atoms with Gasteiger partial charge in [0.05, 0.1) is 5.69 Å². The highest BCUT2D eigenvalue weighted by Gasteiger charge is 2.28. The number of nitrogens with one attached hydrogen (secondary N) is 1. The lowest BCUT2D eigenvalue weighted by Crippen LogP contribution is -2.39. The van der Waals surface area contributed by atoms with E-state index < -0.39 is 0 Å². The average Bonchev–Trinajstić information content (AvgIpc) is 2.89. The molecule has 3 aromatic rings. The summed E-state index contributed by atoms with van der Waals surface area (Å²) in [6.45, 7) is 2.13. The summed E-state index contributed by atoms with van der Waals surface area (Å²) in [5, 5.41) is 19.5. The SMILES string of the molecule is CSN1CC(c2cc3cc(-c4ccccc4O)nnc3[nH]2)C1. The Bertz CT molecular complexity index is 826. The highest BCUT2D eigenvalue weighted by Crippen LogP contribution is 2.33. The van der Waals surface area contributed by atoms with Crippen LogP contribution >= 0.6 is 11.9 Å². The van der Waals surface area contributed by atoms with Crippen molar-refractivity contribution >= 4 is 23.0 Å². The lowest BCUT2D eigenvalue weighted by atomic mass is 9.99. The number of benzene rings is 1. The molecular weight excluding hydrogens is 296 g/mol. The van der Waals surface area contributed by atoms with Crippen LogP contribution in [0.25, 0.3) is 22.3 Å². The smallest absolute Gasteiger partial charge is 0.160 e. The summed E-state index contributed by atoms with van der Waals surface area (Å²) in [5.74, 6) is 0.761. The Morgan fingerprint density at radius 3 is 2.82 bits per heavy atom. The van der Waals surface area contributed by atoms with E-state index in [1.54, 1.807) is 24.1 Å². The molecule has 2 aromatic heterocycles. The third-order valence-electron chi connectivity index (χ3n) is 4.12. The van der Waals surface area contributed by atoms with Crippen molar-refractivity contribution in [2.24, 2.45) is 0 Å². The topological polar surface area (TPSA) is 65.0 Å². The molecule has 0 atom stereocenters. The molecular formula is C16H16N4OS. The highest BCUT2D eigenvalue weighted by molar-refractivity contribution is 7.96. The predicted molar refractivity (Wildman–Crippen MR) is 88.8 cm³/mol. The summed E-state index contributed by atoms with van der Waals surface area (Å²) in [6.07, 6.45) is 2.10. The van der Waals surface area contributed by atoms with Gasteiger partial charge >= 0.3 is 0 Å². The molecule has 0 unspecified atom stereocenters. The number of fused-ring (bicyclic) bond motifs is 1. The second kappa shape index (κ2) is 5.30. The molecule has 0 aliphatic carbocycles. The van der Waals surface area contributed by atoms with Gasteiger partial charge < -0.3 is 10.1 Å². The Labute approximate surface area is 132 Å². The number of H-pyrrole nitrogens is 1. The summed E-state index contributed by atoms with van der Waals surface area (Å²) in [6, 6.07) is 11.3. The average molecular weight is 312 g/mol. The molecule has 112 valence electrons. The third-order valence-corrected chi connectivity index (χ3v) is 4.94. The zero-order valence-corrected chi connectivity index (χ0v) is 13.0. The lowest BCUT2D eigenvalue weighted by molar-refractivity contribution is 0.288. The molecule has 3 heterocycles. The van der Waals surface area contributed by atoms with Crippen LogP contribution in [0.5, 0.6) is 5.75 Å². The molecule has 1 fully saturated rings. The van der Waals surface area contributed by atoms with E-state index in [0.717, 1.165) is 24.1 Å². The molecule has 0 spiro atoms. The maximum Gasteiger partial charge on any atom is 0.160 e. The summed E-state index contributed by atoms with van der Waals surface area (Å²) in [4.78, 5) is 3.36. The number of aromatic nitrogens is 3. The molecule has 22 heavy (non-hydrogen) atoms. The van der Waals surface area contributed by atoms with Gasteiger partial charge in [0.25, 0.3) is 0 Å². The second-order valence-electron chi connectivity index (χ2n) is 5.50. The summed E-state index contributed by atoms with van der Waals surface area (Å²) >= 11 is 1.78. The fourth-order valence-electron chi connectivity index (χ4n) is 2.78. The number of phenolic OH excluding ortho intramolecular Hbond substituents is 1. The number of hydrogen-bond donors (Lipinski definition) is 2. The van der Waals surface area contributed by atoms with Crippen molar-refractivity contribution in [3.05, 3.63) is 42.1 Å². The number of aromatic hydroxyl groups is 1. The Morgan fingerprint density at radius 1 is 1.23 bits per heavy atom. The van der Waals surface area contributed by atoms with Gasteiger partial charge in [0.2, 0.25) is 0 Å². The molecule has 6 heteroatoms. The fourth-order valence-corrected chi connectivity index (χ4v) is 3.44. The summed E-state index contributed by atoms with van der Waals surface area (Å²) in [5.41, 5.74) is 3.41. The van der Waals surface area contributed by atoms with Crippen LogP contribution in [0.4, 0.5) is 0 Å². The van der Waals surface area contributed by atoms with Crippen LogP contribution in [0.1, 0.15) is 11.6 Å². The zero-order chi connectivity index (χ0) is 15.1. The van der Waals surface area contributed by atoms with Crippen LogP contribution in [0.3, 0.4) is 0 Å². The lowest BCUT2D eigenvalue weighted by Gasteiger charge is -2.36. The van der Waals surface area contributed by atoms with E-state index in [1.807, 2.05) is 18.2 Å². The van der Waals surface area contributed by atoms with Gasteiger partial charge in [-0.15, -0.1) is 10.2 Å². The first-order chi connectivity index (χ1) is 10.7. The third kappa shape index (κ3) is 2.24. The van der Waals surface area contributed by atoms with Crippen LogP contribution in [0, 0.1) is 0 Å². The largest absolute Gasteiger partial charge is 0.507 e. The highest BCUT2D eigenvalue weighted by atomic mass is 32.2.